The lowest BCUT2D eigenvalue weighted by Crippen LogP contribution is -2.26. The Morgan fingerprint density at radius 3 is 2.68 bits per heavy atom. The summed E-state index contributed by atoms with van der Waals surface area (Å²) < 4.78 is 22.8. The van der Waals surface area contributed by atoms with Crippen LogP contribution >= 0.6 is 0 Å². The molecule has 0 aromatic carbocycles. The first-order chi connectivity index (χ1) is 10.4. The van der Waals surface area contributed by atoms with E-state index in [4.69, 9.17) is 0 Å². The van der Waals surface area contributed by atoms with Crippen LogP contribution in [-0.2, 0) is 9.84 Å². The summed E-state index contributed by atoms with van der Waals surface area (Å²) in [5.74, 6) is 1.09. The van der Waals surface area contributed by atoms with Crippen molar-refractivity contribution in [1.29, 1.82) is 0 Å². The summed E-state index contributed by atoms with van der Waals surface area (Å²) in [6.45, 7) is 4.80. The molecule has 1 aromatic rings. The highest BCUT2D eigenvalue weighted by Gasteiger charge is 2.27. The van der Waals surface area contributed by atoms with Gasteiger partial charge in [-0.1, -0.05) is 13.8 Å². The number of nitrogens with one attached hydrogen (secondary N) is 2. The monoisotopic (exact) mass is 326 g/mol. The fourth-order valence-corrected chi connectivity index (χ4v) is 3.88. The predicted molar refractivity (Wildman–Crippen MR) is 84.5 cm³/mol. The molecule has 0 aliphatic carbocycles. The Labute approximate surface area is 130 Å². The number of nitrogens with zero attached hydrogens (tertiary/aromatic N) is 2. The zero-order chi connectivity index (χ0) is 16.2. The summed E-state index contributed by atoms with van der Waals surface area (Å²) in [5, 5.41) is 5.83. The normalized spacial score (nSPS) is 20.0. The van der Waals surface area contributed by atoms with Gasteiger partial charge in [0, 0.05) is 12.6 Å². The van der Waals surface area contributed by atoms with Crippen molar-refractivity contribution >= 4 is 21.6 Å². The molecule has 1 aliphatic rings. The Hall–Kier alpha value is -1.70. The van der Waals surface area contributed by atoms with E-state index in [-0.39, 0.29) is 29.1 Å². The Kier molecular flexibility index (Phi) is 5.33. The lowest BCUT2D eigenvalue weighted by molar-refractivity contribution is 0.0946. The number of anilines is 1. The van der Waals surface area contributed by atoms with Gasteiger partial charge in [0.05, 0.1) is 23.9 Å². The summed E-state index contributed by atoms with van der Waals surface area (Å²) in [4.78, 5) is 20.0. The Morgan fingerprint density at radius 1 is 1.36 bits per heavy atom. The third-order valence-corrected chi connectivity index (χ3v) is 5.24. The van der Waals surface area contributed by atoms with Crippen LogP contribution in [0.5, 0.6) is 0 Å². The van der Waals surface area contributed by atoms with Crippen molar-refractivity contribution in [1.82, 2.24) is 15.3 Å². The first-order valence-electron chi connectivity index (χ1n) is 7.43. The van der Waals surface area contributed by atoms with Crippen LogP contribution < -0.4 is 10.6 Å². The maximum atomic E-state index is 11.9. The molecule has 1 aromatic heterocycles. The van der Waals surface area contributed by atoms with Crippen LogP contribution in [0.4, 0.5) is 5.82 Å². The molecule has 22 heavy (non-hydrogen) atoms. The number of carbonyl (C=O) groups excluding carboxylic acids is 1. The van der Waals surface area contributed by atoms with Crippen LogP contribution in [0.3, 0.4) is 0 Å². The zero-order valence-corrected chi connectivity index (χ0v) is 13.7. The van der Waals surface area contributed by atoms with Gasteiger partial charge in [0.15, 0.2) is 9.84 Å². The average Bonchev–Trinajstić information content (AvgIpc) is 2.78. The molecule has 1 fully saturated rings. The molecular formula is C14H22N4O3S. The molecule has 1 unspecified atom stereocenters. The highest BCUT2D eigenvalue weighted by atomic mass is 32.2. The van der Waals surface area contributed by atoms with Crippen molar-refractivity contribution in [2.24, 2.45) is 5.92 Å². The lowest BCUT2D eigenvalue weighted by atomic mass is 10.1. The molecule has 122 valence electrons. The fourth-order valence-electron chi connectivity index (χ4n) is 2.20. The summed E-state index contributed by atoms with van der Waals surface area (Å²) >= 11 is 0. The topological polar surface area (TPSA) is 101 Å². The van der Waals surface area contributed by atoms with Crippen molar-refractivity contribution in [3.63, 3.8) is 0 Å². The Bertz CT molecular complexity index is 613. The Balaban J connectivity index is 1.86. The maximum absolute atomic E-state index is 11.9. The molecule has 1 aliphatic heterocycles. The SMILES string of the molecule is CC(C)CCNC(=O)c1cnc(NC2CCS(=O)(=O)C2)cn1. The maximum Gasteiger partial charge on any atom is 0.271 e. The molecule has 0 saturated carbocycles. The minimum atomic E-state index is -2.93. The number of aromatic nitrogens is 2. The second-order valence-electron chi connectivity index (χ2n) is 5.97. The Morgan fingerprint density at radius 2 is 2.14 bits per heavy atom. The highest BCUT2D eigenvalue weighted by molar-refractivity contribution is 7.91. The van der Waals surface area contributed by atoms with E-state index in [0.717, 1.165) is 6.42 Å². The zero-order valence-electron chi connectivity index (χ0n) is 12.9. The molecule has 7 nitrogen and oxygen atoms in total. The summed E-state index contributed by atoms with van der Waals surface area (Å²) in [6, 6.07) is -0.134. The largest absolute Gasteiger partial charge is 0.365 e. The van der Waals surface area contributed by atoms with E-state index >= 15 is 0 Å². The minimum absolute atomic E-state index is 0.117. The summed E-state index contributed by atoms with van der Waals surface area (Å²) in [5.41, 5.74) is 0.258. The molecule has 0 radical (unpaired) electrons. The first kappa shape index (κ1) is 16.7. The van der Waals surface area contributed by atoms with Crippen LogP contribution in [0.25, 0.3) is 0 Å². The molecule has 1 atom stereocenters. The van der Waals surface area contributed by atoms with Crippen LogP contribution in [0, 0.1) is 5.92 Å². The molecule has 8 heteroatoms. The van der Waals surface area contributed by atoms with Crippen molar-refractivity contribution in [2.45, 2.75) is 32.7 Å². The van der Waals surface area contributed by atoms with Gasteiger partial charge in [-0.3, -0.25) is 4.79 Å². The third kappa shape index (κ3) is 4.94. The van der Waals surface area contributed by atoms with Gasteiger partial charge >= 0.3 is 0 Å². The van der Waals surface area contributed by atoms with Crippen LogP contribution in [0.15, 0.2) is 12.4 Å². The number of amides is 1. The average molecular weight is 326 g/mol. The van der Waals surface area contributed by atoms with Gasteiger partial charge in [0.25, 0.3) is 5.91 Å². The van der Waals surface area contributed by atoms with Crippen LogP contribution in [0.2, 0.25) is 0 Å². The van der Waals surface area contributed by atoms with Gasteiger partial charge in [-0.15, -0.1) is 0 Å². The molecule has 1 saturated heterocycles. The summed E-state index contributed by atoms with van der Waals surface area (Å²) in [6.07, 6.45) is 4.34. The van der Waals surface area contributed by atoms with E-state index in [1.165, 1.54) is 12.4 Å². The number of sulfone groups is 1. The first-order valence-corrected chi connectivity index (χ1v) is 9.25. The number of carbonyl (C=O) groups is 1. The van der Waals surface area contributed by atoms with Crippen molar-refractivity contribution < 1.29 is 13.2 Å². The smallest absolute Gasteiger partial charge is 0.271 e. The van der Waals surface area contributed by atoms with E-state index in [9.17, 15) is 13.2 Å². The quantitative estimate of drug-likeness (QED) is 0.804. The highest BCUT2D eigenvalue weighted by Crippen LogP contribution is 2.15. The van der Waals surface area contributed by atoms with E-state index in [0.29, 0.717) is 24.7 Å². The van der Waals surface area contributed by atoms with Crippen LogP contribution in [0.1, 0.15) is 37.2 Å². The van der Waals surface area contributed by atoms with E-state index in [1.807, 2.05) is 0 Å². The van der Waals surface area contributed by atoms with Crippen molar-refractivity contribution in [2.75, 3.05) is 23.4 Å². The number of hydrogen-bond donors (Lipinski definition) is 2. The van der Waals surface area contributed by atoms with Crippen molar-refractivity contribution in [3.05, 3.63) is 18.1 Å². The second kappa shape index (κ2) is 7.04. The van der Waals surface area contributed by atoms with E-state index < -0.39 is 9.84 Å². The number of rotatable bonds is 6. The number of hydrogen-bond acceptors (Lipinski definition) is 6. The molecule has 2 N–H and O–H groups in total. The van der Waals surface area contributed by atoms with Crippen LogP contribution in [-0.4, -0.2) is 48.4 Å². The molecule has 2 rings (SSSR count). The minimum Gasteiger partial charge on any atom is -0.365 e. The third-order valence-electron chi connectivity index (χ3n) is 3.48. The van der Waals surface area contributed by atoms with Gasteiger partial charge in [0.2, 0.25) is 0 Å². The van der Waals surface area contributed by atoms with Crippen molar-refractivity contribution in [3.8, 4) is 0 Å². The standard InChI is InChI=1S/C14H22N4O3S/c1-10(2)3-5-15-14(19)12-7-17-13(8-16-12)18-11-4-6-22(20,21)9-11/h7-8,10-11H,3-6,9H2,1-2H3,(H,15,19)(H,17,18). The predicted octanol–water partition coefficient (Wildman–Crippen LogP) is 0.852. The van der Waals surface area contributed by atoms with E-state index in [1.54, 1.807) is 0 Å². The van der Waals surface area contributed by atoms with Gasteiger partial charge in [0.1, 0.15) is 11.5 Å². The molecule has 2 heterocycles. The fraction of sp³-hybridized carbons (Fsp3) is 0.643. The summed E-state index contributed by atoms with van der Waals surface area (Å²) in [7, 11) is -2.93. The molecule has 1 amide bonds. The van der Waals surface area contributed by atoms with Gasteiger partial charge in [-0.2, -0.15) is 0 Å². The molecule has 0 bridgehead atoms. The van der Waals surface area contributed by atoms with Gasteiger partial charge < -0.3 is 10.6 Å². The van der Waals surface area contributed by atoms with E-state index in [2.05, 4.69) is 34.4 Å². The molecule has 0 spiro atoms. The van der Waals surface area contributed by atoms with Gasteiger partial charge in [-0.25, -0.2) is 18.4 Å². The van der Waals surface area contributed by atoms with Gasteiger partial charge in [-0.05, 0) is 18.8 Å². The lowest BCUT2D eigenvalue weighted by Gasteiger charge is -2.11. The molecular weight excluding hydrogens is 304 g/mol. The second-order valence-corrected chi connectivity index (χ2v) is 8.20.